The Bertz CT molecular complexity index is 627. The van der Waals surface area contributed by atoms with Gasteiger partial charge in [-0.25, -0.2) is 0 Å². The molecule has 0 bridgehead atoms. The summed E-state index contributed by atoms with van der Waals surface area (Å²) in [6.45, 7) is 2.10. The predicted molar refractivity (Wildman–Crippen MR) is 78.5 cm³/mol. The van der Waals surface area contributed by atoms with Gasteiger partial charge in [0.15, 0.2) is 0 Å². The third kappa shape index (κ3) is 2.48. The second-order valence-electron chi connectivity index (χ2n) is 3.80. The summed E-state index contributed by atoms with van der Waals surface area (Å²) in [5, 5.41) is 6.29. The Hall–Kier alpha value is -1.17. The minimum absolute atomic E-state index is 1.00. The van der Waals surface area contributed by atoms with Crippen molar-refractivity contribution in [3.63, 3.8) is 0 Å². The van der Waals surface area contributed by atoms with E-state index in [2.05, 4.69) is 52.2 Å². The van der Waals surface area contributed by atoms with Crippen LogP contribution in [0.4, 0.5) is 0 Å². The van der Waals surface area contributed by atoms with E-state index in [4.69, 9.17) is 0 Å². The van der Waals surface area contributed by atoms with E-state index < -0.39 is 0 Å². The van der Waals surface area contributed by atoms with Gasteiger partial charge in [-0.1, -0.05) is 40.0 Å². The summed E-state index contributed by atoms with van der Waals surface area (Å²) in [7, 11) is 0. The maximum atomic E-state index is 4.23. The molecule has 1 aromatic carbocycles. The highest BCUT2D eigenvalue weighted by Crippen LogP contribution is 2.38. The zero-order chi connectivity index (χ0) is 12.4. The summed E-state index contributed by atoms with van der Waals surface area (Å²) in [6, 6.07) is 12.7. The second kappa shape index (κ2) is 5.22. The molecular weight excluding hydrogens is 280 g/mol. The van der Waals surface area contributed by atoms with Crippen LogP contribution in [0.2, 0.25) is 0 Å². The molecule has 90 valence electrons. The first-order chi connectivity index (χ1) is 8.83. The minimum atomic E-state index is 1.00. The Kier molecular flexibility index (Phi) is 3.45. The molecule has 0 unspecified atom stereocenters. The zero-order valence-electron chi connectivity index (χ0n) is 9.66. The number of aromatic nitrogens is 2. The average Bonchev–Trinajstić information content (AvgIpc) is 3.02. The summed E-state index contributed by atoms with van der Waals surface area (Å²) in [4.78, 5) is 2.41. The van der Waals surface area contributed by atoms with E-state index in [1.165, 1.54) is 26.9 Å². The molecule has 0 N–H and O–H groups in total. The third-order valence-electron chi connectivity index (χ3n) is 2.44. The molecule has 3 rings (SSSR count). The van der Waals surface area contributed by atoms with E-state index >= 15 is 0 Å². The van der Waals surface area contributed by atoms with Crippen molar-refractivity contribution in [1.82, 2.24) is 9.59 Å². The summed E-state index contributed by atoms with van der Waals surface area (Å²) in [5.74, 6) is 0. The van der Waals surface area contributed by atoms with Crippen LogP contribution < -0.4 is 0 Å². The van der Waals surface area contributed by atoms with Crippen molar-refractivity contribution in [2.75, 3.05) is 0 Å². The van der Waals surface area contributed by atoms with E-state index in [0.717, 1.165) is 9.90 Å². The summed E-state index contributed by atoms with van der Waals surface area (Å²) in [6.07, 6.45) is 0. The molecule has 0 atom stereocenters. The second-order valence-corrected chi connectivity index (χ2v) is 6.85. The predicted octanol–water partition coefficient (Wildman–Crippen LogP) is 4.73. The van der Waals surface area contributed by atoms with Gasteiger partial charge in [0.05, 0.1) is 4.88 Å². The fourth-order valence-electron chi connectivity index (χ4n) is 1.53. The monoisotopic (exact) mass is 290 g/mol. The van der Waals surface area contributed by atoms with Gasteiger partial charge in [0.1, 0.15) is 9.90 Å². The van der Waals surface area contributed by atoms with E-state index in [9.17, 15) is 0 Å². The van der Waals surface area contributed by atoms with Crippen molar-refractivity contribution in [1.29, 1.82) is 0 Å². The number of nitrogens with zero attached hydrogens (tertiary/aromatic N) is 2. The van der Waals surface area contributed by atoms with Gasteiger partial charge in [-0.3, -0.25) is 0 Å². The van der Waals surface area contributed by atoms with Gasteiger partial charge >= 0.3 is 0 Å². The number of rotatable bonds is 3. The number of benzene rings is 1. The van der Waals surface area contributed by atoms with Gasteiger partial charge < -0.3 is 0 Å². The molecule has 0 fully saturated rings. The Labute approximate surface area is 118 Å². The molecule has 2 aromatic heterocycles. The lowest BCUT2D eigenvalue weighted by atomic mass is 10.2. The van der Waals surface area contributed by atoms with Crippen molar-refractivity contribution in [3.8, 4) is 10.6 Å². The molecule has 0 spiro atoms. The Morgan fingerprint density at radius 3 is 2.67 bits per heavy atom. The smallest absolute Gasteiger partial charge is 0.129 e. The molecule has 5 heteroatoms. The van der Waals surface area contributed by atoms with Crippen molar-refractivity contribution < 1.29 is 0 Å². The van der Waals surface area contributed by atoms with Gasteiger partial charge in [0.25, 0.3) is 0 Å². The van der Waals surface area contributed by atoms with E-state index in [1.54, 1.807) is 23.1 Å². The largest absolute Gasteiger partial charge is 0.142 e. The lowest BCUT2D eigenvalue weighted by Crippen LogP contribution is -1.77. The van der Waals surface area contributed by atoms with E-state index in [1.807, 2.05) is 6.07 Å². The van der Waals surface area contributed by atoms with Crippen LogP contribution >= 0.6 is 34.6 Å². The van der Waals surface area contributed by atoms with Crippen LogP contribution in [0.25, 0.3) is 10.6 Å². The fourth-order valence-corrected chi connectivity index (χ4v) is 4.08. The highest BCUT2D eigenvalue weighted by Gasteiger charge is 2.12. The standard InChI is InChI=1S/C13H10N2S3/c1-9-4-6-10(7-5-9)17-13-12(14-15-18-13)11-3-2-8-16-11/h2-8H,1H3. The molecule has 3 aromatic rings. The first kappa shape index (κ1) is 11.9. The summed E-state index contributed by atoms with van der Waals surface area (Å²) >= 11 is 4.88. The van der Waals surface area contributed by atoms with Gasteiger partial charge in [-0.15, -0.1) is 16.4 Å². The number of aryl methyl sites for hydroxylation is 1. The lowest BCUT2D eigenvalue weighted by Gasteiger charge is -2.00. The molecule has 2 nitrogen and oxygen atoms in total. The molecule has 2 heterocycles. The van der Waals surface area contributed by atoms with Crippen LogP contribution in [-0.2, 0) is 0 Å². The number of hydrogen-bond donors (Lipinski definition) is 0. The van der Waals surface area contributed by atoms with Crippen molar-refractivity contribution in [2.24, 2.45) is 0 Å². The van der Waals surface area contributed by atoms with Crippen LogP contribution in [0.5, 0.6) is 0 Å². The van der Waals surface area contributed by atoms with Crippen molar-refractivity contribution >= 4 is 34.6 Å². The third-order valence-corrected chi connectivity index (χ3v) is 5.20. The first-order valence-corrected chi connectivity index (χ1v) is 7.90. The van der Waals surface area contributed by atoms with Crippen LogP contribution in [0.1, 0.15) is 5.56 Å². The van der Waals surface area contributed by atoms with Crippen LogP contribution in [0.3, 0.4) is 0 Å². The summed E-state index contributed by atoms with van der Waals surface area (Å²) < 4.78 is 5.22. The summed E-state index contributed by atoms with van der Waals surface area (Å²) in [5.41, 5.74) is 2.28. The van der Waals surface area contributed by atoms with Gasteiger partial charge in [-0.2, -0.15) is 0 Å². The molecule has 0 aliphatic rings. The molecule has 0 saturated heterocycles. The molecule has 18 heavy (non-hydrogen) atoms. The van der Waals surface area contributed by atoms with Crippen LogP contribution in [0, 0.1) is 6.92 Å². The van der Waals surface area contributed by atoms with E-state index in [-0.39, 0.29) is 0 Å². The van der Waals surface area contributed by atoms with Gasteiger partial charge in [0.2, 0.25) is 0 Å². The molecular formula is C13H10N2S3. The Morgan fingerprint density at radius 2 is 1.94 bits per heavy atom. The van der Waals surface area contributed by atoms with Gasteiger partial charge in [-0.05, 0) is 42.0 Å². The highest BCUT2D eigenvalue weighted by molar-refractivity contribution is 8.01. The maximum absolute atomic E-state index is 4.23. The SMILES string of the molecule is Cc1ccc(Sc2snnc2-c2cccs2)cc1. The van der Waals surface area contributed by atoms with Gasteiger partial charge in [0, 0.05) is 4.90 Å². The zero-order valence-corrected chi connectivity index (χ0v) is 12.1. The van der Waals surface area contributed by atoms with Crippen LogP contribution in [0.15, 0.2) is 50.9 Å². The maximum Gasteiger partial charge on any atom is 0.129 e. The number of hydrogen-bond acceptors (Lipinski definition) is 5. The fraction of sp³-hybridized carbons (Fsp3) is 0.0769. The number of thiophene rings is 1. The first-order valence-electron chi connectivity index (χ1n) is 5.44. The molecule has 0 radical (unpaired) electrons. The average molecular weight is 290 g/mol. The van der Waals surface area contributed by atoms with Crippen LogP contribution in [-0.4, -0.2) is 9.59 Å². The minimum Gasteiger partial charge on any atom is -0.142 e. The quantitative estimate of drug-likeness (QED) is 0.697. The normalized spacial score (nSPS) is 10.7. The molecule has 0 saturated carbocycles. The molecule has 0 aliphatic carbocycles. The Morgan fingerprint density at radius 1 is 1.11 bits per heavy atom. The van der Waals surface area contributed by atoms with E-state index in [0.29, 0.717) is 0 Å². The molecule has 0 aliphatic heterocycles. The van der Waals surface area contributed by atoms with Crippen molar-refractivity contribution in [2.45, 2.75) is 16.0 Å². The molecule has 0 amide bonds. The lowest BCUT2D eigenvalue weighted by molar-refractivity contribution is 1.16. The van der Waals surface area contributed by atoms with Crippen molar-refractivity contribution in [3.05, 3.63) is 47.3 Å². The Balaban J connectivity index is 1.90. The topological polar surface area (TPSA) is 25.8 Å². The highest BCUT2D eigenvalue weighted by atomic mass is 32.2.